The standard InChI is InChI=1S/C12H15NO3S/c1-3-16-11(2)13-17(14,15)10-9-12-7-5-4-6-8-12/h4-10,13H,2-3H2,1H3/b10-9+. The molecule has 0 amide bonds. The number of nitrogens with one attached hydrogen (secondary N) is 1. The molecule has 0 radical (unpaired) electrons. The van der Waals surface area contributed by atoms with Crippen LogP contribution in [-0.2, 0) is 14.8 Å². The van der Waals surface area contributed by atoms with Crippen LogP contribution in [0.2, 0.25) is 0 Å². The molecule has 0 unspecified atom stereocenters. The van der Waals surface area contributed by atoms with Crippen LogP contribution >= 0.6 is 0 Å². The van der Waals surface area contributed by atoms with E-state index in [9.17, 15) is 8.42 Å². The van der Waals surface area contributed by atoms with Gasteiger partial charge < -0.3 is 4.74 Å². The van der Waals surface area contributed by atoms with Crippen molar-refractivity contribution in [2.75, 3.05) is 6.61 Å². The highest BCUT2D eigenvalue weighted by Gasteiger charge is 2.06. The van der Waals surface area contributed by atoms with E-state index in [-0.39, 0.29) is 5.88 Å². The Morgan fingerprint density at radius 3 is 2.65 bits per heavy atom. The summed E-state index contributed by atoms with van der Waals surface area (Å²) in [5.41, 5.74) is 0.805. The second-order valence-electron chi connectivity index (χ2n) is 3.22. The third-order valence-corrected chi connectivity index (χ3v) is 2.82. The Labute approximate surface area is 102 Å². The molecule has 0 saturated carbocycles. The van der Waals surface area contributed by atoms with Crippen LogP contribution in [0.15, 0.2) is 48.2 Å². The molecule has 0 saturated heterocycles. The van der Waals surface area contributed by atoms with Crippen LogP contribution in [-0.4, -0.2) is 15.0 Å². The van der Waals surface area contributed by atoms with Crippen molar-refractivity contribution in [1.29, 1.82) is 0 Å². The van der Waals surface area contributed by atoms with Crippen molar-refractivity contribution in [2.45, 2.75) is 6.92 Å². The summed E-state index contributed by atoms with van der Waals surface area (Å²) in [7, 11) is -3.56. The molecule has 0 atom stereocenters. The largest absolute Gasteiger partial charge is 0.479 e. The molecule has 1 aromatic carbocycles. The van der Waals surface area contributed by atoms with Gasteiger partial charge >= 0.3 is 0 Å². The van der Waals surface area contributed by atoms with Gasteiger partial charge in [-0.25, -0.2) is 8.42 Å². The summed E-state index contributed by atoms with van der Waals surface area (Å²) in [5.74, 6) is 0.0187. The third-order valence-electron chi connectivity index (χ3n) is 1.81. The molecule has 5 heteroatoms. The lowest BCUT2D eigenvalue weighted by molar-refractivity contribution is 0.220. The smallest absolute Gasteiger partial charge is 0.257 e. The predicted octanol–water partition coefficient (Wildman–Crippen LogP) is 2.08. The molecule has 0 aliphatic heterocycles. The van der Waals surface area contributed by atoms with Crippen LogP contribution in [0, 0.1) is 0 Å². The molecule has 4 nitrogen and oxygen atoms in total. The highest BCUT2D eigenvalue weighted by molar-refractivity contribution is 7.92. The molecule has 17 heavy (non-hydrogen) atoms. The van der Waals surface area contributed by atoms with Gasteiger partial charge in [-0.3, -0.25) is 4.72 Å². The Hall–Kier alpha value is -1.75. The first-order valence-corrected chi connectivity index (χ1v) is 6.66. The van der Waals surface area contributed by atoms with E-state index in [0.29, 0.717) is 6.61 Å². The number of hydrogen-bond acceptors (Lipinski definition) is 3. The predicted molar refractivity (Wildman–Crippen MR) is 68.3 cm³/mol. The van der Waals surface area contributed by atoms with E-state index in [4.69, 9.17) is 4.74 Å². The molecule has 0 heterocycles. The summed E-state index contributed by atoms with van der Waals surface area (Å²) >= 11 is 0. The SMILES string of the molecule is C=C(NS(=O)(=O)/C=C/c1ccccc1)OCC. The lowest BCUT2D eigenvalue weighted by Crippen LogP contribution is -2.21. The minimum absolute atomic E-state index is 0.0187. The lowest BCUT2D eigenvalue weighted by Gasteiger charge is -2.07. The molecule has 0 aliphatic carbocycles. The van der Waals surface area contributed by atoms with Crippen LogP contribution in [0.25, 0.3) is 6.08 Å². The first kappa shape index (κ1) is 13.3. The average molecular weight is 253 g/mol. The van der Waals surface area contributed by atoms with Crippen molar-refractivity contribution in [3.8, 4) is 0 Å². The van der Waals surface area contributed by atoms with Crippen LogP contribution in [0.3, 0.4) is 0 Å². The Morgan fingerprint density at radius 2 is 2.06 bits per heavy atom. The minimum atomic E-state index is -3.56. The molecule has 0 spiro atoms. The summed E-state index contributed by atoms with van der Waals surface area (Å²) in [5, 5.41) is 1.08. The van der Waals surface area contributed by atoms with Gasteiger partial charge in [-0.05, 0) is 25.1 Å². The average Bonchev–Trinajstić information content (AvgIpc) is 2.27. The number of ether oxygens (including phenoxy) is 1. The molecule has 1 aromatic rings. The normalized spacial score (nSPS) is 11.4. The number of sulfonamides is 1. The van der Waals surface area contributed by atoms with Gasteiger partial charge in [-0.1, -0.05) is 30.3 Å². The Balaban J connectivity index is 2.67. The third kappa shape index (κ3) is 5.21. The first-order chi connectivity index (χ1) is 8.03. The molecule has 92 valence electrons. The van der Waals surface area contributed by atoms with Gasteiger partial charge in [0.25, 0.3) is 10.0 Å². The van der Waals surface area contributed by atoms with Crippen LogP contribution in [0.1, 0.15) is 12.5 Å². The lowest BCUT2D eigenvalue weighted by atomic mass is 10.2. The van der Waals surface area contributed by atoms with Gasteiger partial charge in [0.15, 0.2) is 5.88 Å². The quantitative estimate of drug-likeness (QED) is 0.790. The van der Waals surface area contributed by atoms with E-state index < -0.39 is 10.0 Å². The molecule has 0 bridgehead atoms. The Bertz CT molecular complexity index is 492. The Kier molecular flexibility index (Phi) is 4.78. The van der Waals surface area contributed by atoms with E-state index in [1.165, 1.54) is 6.08 Å². The van der Waals surface area contributed by atoms with Crippen LogP contribution in [0.4, 0.5) is 0 Å². The van der Waals surface area contributed by atoms with E-state index in [0.717, 1.165) is 11.0 Å². The van der Waals surface area contributed by atoms with Gasteiger partial charge in [-0.15, -0.1) is 0 Å². The highest BCUT2D eigenvalue weighted by Crippen LogP contribution is 2.03. The van der Waals surface area contributed by atoms with Gasteiger partial charge in [0.1, 0.15) is 0 Å². The fourth-order valence-corrected chi connectivity index (χ4v) is 1.91. The van der Waals surface area contributed by atoms with Crippen molar-refractivity contribution < 1.29 is 13.2 Å². The number of hydrogen-bond donors (Lipinski definition) is 1. The van der Waals surface area contributed by atoms with E-state index in [1.807, 2.05) is 30.3 Å². The van der Waals surface area contributed by atoms with Gasteiger partial charge in [0.2, 0.25) is 0 Å². The maximum absolute atomic E-state index is 11.6. The number of benzene rings is 1. The van der Waals surface area contributed by atoms with E-state index in [1.54, 1.807) is 6.92 Å². The van der Waals surface area contributed by atoms with Crippen LogP contribution in [0.5, 0.6) is 0 Å². The second-order valence-corrected chi connectivity index (χ2v) is 4.78. The number of rotatable bonds is 6. The molecular weight excluding hydrogens is 238 g/mol. The molecule has 1 N–H and O–H groups in total. The van der Waals surface area contributed by atoms with Crippen molar-refractivity contribution in [2.24, 2.45) is 0 Å². The van der Waals surface area contributed by atoms with Gasteiger partial charge in [0, 0.05) is 0 Å². The maximum atomic E-state index is 11.6. The fourth-order valence-electron chi connectivity index (χ4n) is 1.13. The van der Waals surface area contributed by atoms with E-state index in [2.05, 4.69) is 11.3 Å². The van der Waals surface area contributed by atoms with Crippen molar-refractivity contribution in [3.05, 3.63) is 53.8 Å². The molecular formula is C12H15NO3S. The molecule has 0 aliphatic rings. The first-order valence-electron chi connectivity index (χ1n) is 5.11. The van der Waals surface area contributed by atoms with Gasteiger partial charge in [-0.2, -0.15) is 0 Å². The topological polar surface area (TPSA) is 55.4 Å². The summed E-state index contributed by atoms with van der Waals surface area (Å²) < 4.78 is 30.2. The summed E-state index contributed by atoms with van der Waals surface area (Å²) in [6, 6.07) is 9.14. The van der Waals surface area contributed by atoms with Crippen molar-refractivity contribution in [3.63, 3.8) is 0 Å². The van der Waals surface area contributed by atoms with Gasteiger partial charge in [0.05, 0.1) is 12.0 Å². The highest BCUT2D eigenvalue weighted by atomic mass is 32.2. The zero-order valence-corrected chi connectivity index (χ0v) is 10.4. The van der Waals surface area contributed by atoms with E-state index >= 15 is 0 Å². The van der Waals surface area contributed by atoms with Crippen molar-refractivity contribution >= 4 is 16.1 Å². The fraction of sp³-hybridized carbons (Fsp3) is 0.167. The van der Waals surface area contributed by atoms with Crippen molar-refractivity contribution in [1.82, 2.24) is 4.72 Å². The Morgan fingerprint density at radius 1 is 1.41 bits per heavy atom. The van der Waals surface area contributed by atoms with Crippen LogP contribution < -0.4 is 4.72 Å². The zero-order valence-electron chi connectivity index (χ0n) is 9.59. The maximum Gasteiger partial charge on any atom is 0.257 e. The molecule has 0 fully saturated rings. The second kappa shape index (κ2) is 6.10. The molecule has 1 rings (SSSR count). The summed E-state index contributed by atoms with van der Waals surface area (Å²) in [6.45, 7) is 5.55. The minimum Gasteiger partial charge on any atom is -0.479 e. The summed E-state index contributed by atoms with van der Waals surface area (Å²) in [4.78, 5) is 0. The monoisotopic (exact) mass is 253 g/mol. The summed E-state index contributed by atoms with van der Waals surface area (Å²) in [6.07, 6.45) is 1.50. The zero-order chi connectivity index (χ0) is 12.7. The molecule has 0 aromatic heterocycles.